The molecule has 98 valence electrons. The zero-order valence-electron chi connectivity index (χ0n) is 10.5. The predicted octanol–water partition coefficient (Wildman–Crippen LogP) is 0.694. The van der Waals surface area contributed by atoms with Gasteiger partial charge in [-0.05, 0) is 19.1 Å². The van der Waals surface area contributed by atoms with Crippen molar-refractivity contribution in [3.8, 4) is 0 Å². The number of anilines is 2. The van der Waals surface area contributed by atoms with Crippen LogP contribution < -0.4 is 16.0 Å². The molecule has 0 spiro atoms. The van der Waals surface area contributed by atoms with Gasteiger partial charge in [0.25, 0.3) is 0 Å². The van der Waals surface area contributed by atoms with Gasteiger partial charge in [-0.2, -0.15) is 0 Å². The number of nitrogens with one attached hydrogen (secondary N) is 1. The number of aromatic nitrogens is 2. The van der Waals surface area contributed by atoms with Crippen LogP contribution in [0.4, 0.5) is 11.6 Å². The number of thioether (sulfide) groups is 1. The molecular formula is C11H17N5OS. The third kappa shape index (κ3) is 2.50. The lowest BCUT2D eigenvalue weighted by Gasteiger charge is -2.23. The second-order valence-electron chi connectivity index (χ2n) is 4.10. The third-order valence-corrected chi connectivity index (χ3v) is 3.55. The molecule has 2 heterocycles. The second-order valence-corrected chi connectivity index (χ2v) is 4.88. The van der Waals surface area contributed by atoms with E-state index in [4.69, 9.17) is 5.73 Å². The summed E-state index contributed by atoms with van der Waals surface area (Å²) in [4.78, 5) is 22.1. The first-order valence-corrected chi connectivity index (χ1v) is 7.05. The summed E-state index contributed by atoms with van der Waals surface area (Å²) in [5, 5.41) is 3.69. The van der Waals surface area contributed by atoms with Crippen molar-refractivity contribution in [3.05, 3.63) is 6.07 Å². The highest BCUT2D eigenvalue weighted by atomic mass is 32.2. The molecule has 1 aliphatic rings. The molecule has 18 heavy (non-hydrogen) atoms. The lowest BCUT2D eigenvalue weighted by Crippen LogP contribution is -2.40. The molecule has 3 N–H and O–H groups in total. The molecule has 6 nitrogen and oxygen atoms in total. The lowest BCUT2D eigenvalue weighted by atomic mass is 10.2. The topological polar surface area (TPSA) is 84.1 Å². The molecule has 1 aromatic heterocycles. The fraction of sp³-hybridized carbons (Fsp3) is 0.545. The Morgan fingerprint density at radius 2 is 2.39 bits per heavy atom. The van der Waals surface area contributed by atoms with E-state index < -0.39 is 0 Å². The van der Waals surface area contributed by atoms with Gasteiger partial charge < -0.3 is 16.0 Å². The molecule has 2 rings (SSSR count). The summed E-state index contributed by atoms with van der Waals surface area (Å²) < 4.78 is 0. The lowest BCUT2D eigenvalue weighted by molar-refractivity contribution is -0.119. The average molecular weight is 267 g/mol. The SMILES string of the molecule is CNc1cc(N2CCCC2C(N)=O)nc(SC)n1. The Kier molecular flexibility index (Phi) is 3.90. The molecule has 1 unspecified atom stereocenters. The molecule has 1 aliphatic heterocycles. The van der Waals surface area contributed by atoms with Crippen molar-refractivity contribution < 1.29 is 4.79 Å². The Balaban J connectivity index is 2.34. The van der Waals surface area contributed by atoms with E-state index in [1.54, 1.807) is 0 Å². The number of carbonyl (C=O) groups is 1. The van der Waals surface area contributed by atoms with Crippen molar-refractivity contribution in [1.29, 1.82) is 0 Å². The highest BCUT2D eigenvalue weighted by Crippen LogP contribution is 2.27. The minimum atomic E-state index is -0.289. The van der Waals surface area contributed by atoms with E-state index in [-0.39, 0.29) is 11.9 Å². The fourth-order valence-electron chi connectivity index (χ4n) is 2.12. The van der Waals surface area contributed by atoms with Gasteiger partial charge in [-0.1, -0.05) is 11.8 Å². The number of rotatable bonds is 4. The molecule has 0 bridgehead atoms. The smallest absolute Gasteiger partial charge is 0.240 e. The van der Waals surface area contributed by atoms with Crippen LogP contribution in [0.1, 0.15) is 12.8 Å². The molecular weight excluding hydrogens is 250 g/mol. The van der Waals surface area contributed by atoms with Crippen LogP contribution in [-0.4, -0.2) is 41.8 Å². The van der Waals surface area contributed by atoms with Gasteiger partial charge in [0.1, 0.15) is 17.7 Å². The van der Waals surface area contributed by atoms with E-state index in [9.17, 15) is 4.79 Å². The first-order chi connectivity index (χ1) is 8.65. The summed E-state index contributed by atoms with van der Waals surface area (Å²) in [6, 6.07) is 1.60. The van der Waals surface area contributed by atoms with Gasteiger partial charge in [0.15, 0.2) is 5.16 Å². The molecule has 7 heteroatoms. The maximum absolute atomic E-state index is 11.4. The van der Waals surface area contributed by atoms with Crippen LogP contribution in [0.25, 0.3) is 0 Å². The van der Waals surface area contributed by atoms with Crippen molar-refractivity contribution in [1.82, 2.24) is 9.97 Å². The second kappa shape index (κ2) is 5.43. The highest BCUT2D eigenvalue weighted by Gasteiger charge is 2.30. The van der Waals surface area contributed by atoms with E-state index in [1.165, 1.54) is 11.8 Å². The maximum atomic E-state index is 11.4. The zero-order valence-corrected chi connectivity index (χ0v) is 11.3. The van der Waals surface area contributed by atoms with Crippen LogP contribution in [0.3, 0.4) is 0 Å². The molecule has 0 aliphatic carbocycles. The van der Waals surface area contributed by atoms with E-state index >= 15 is 0 Å². The van der Waals surface area contributed by atoms with Gasteiger partial charge in [0.2, 0.25) is 5.91 Å². The van der Waals surface area contributed by atoms with Crippen molar-refractivity contribution in [3.63, 3.8) is 0 Å². The standard InChI is InChI=1S/C11H17N5OS/c1-13-8-6-9(15-11(14-8)18-2)16-5-3-4-7(16)10(12)17/h6-7H,3-5H2,1-2H3,(H2,12,17)(H,13,14,15). The number of nitrogens with two attached hydrogens (primary N) is 1. The molecule has 0 radical (unpaired) electrons. The fourth-order valence-corrected chi connectivity index (χ4v) is 2.49. The van der Waals surface area contributed by atoms with Crippen molar-refractivity contribution >= 4 is 29.3 Å². The van der Waals surface area contributed by atoms with Gasteiger partial charge >= 0.3 is 0 Å². The number of nitrogens with zero attached hydrogens (tertiary/aromatic N) is 3. The number of hydrogen-bond donors (Lipinski definition) is 2. The molecule has 0 aromatic carbocycles. The quantitative estimate of drug-likeness (QED) is 0.617. The zero-order chi connectivity index (χ0) is 13.1. The van der Waals surface area contributed by atoms with Crippen LogP contribution in [0.2, 0.25) is 0 Å². The van der Waals surface area contributed by atoms with Gasteiger partial charge in [0.05, 0.1) is 0 Å². The Bertz CT molecular complexity index is 431. The molecule has 1 atom stereocenters. The van der Waals surface area contributed by atoms with Gasteiger partial charge in [-0.3, -0.25) is 4.79 Å². The van der Waals surface area contributed by atoms with Crippen molar-refractivity contribution in [2.75, 3.05) is 30.1 Å². The largest absolute Gasteiger partial charge is 0.373 e. The molecule has 1 amide bonds. The molecule has 1 aromatic rings. The number of carbonyl (C=O) groups excluding carboxylic acids is 1. The normalized spacial score (nSPS) is 19.0. The molecule has 1 fully saturated rings. The monoisotopic (exact) mass is 267 g/mol. The Labute approximate surface area is 110 Å². The molecule has 1 saturated heterocycles. The van der Waals surface area contributed by atoms with Crippen LogP contribution in [0.15, 0.2) is 11.2 Å². The average Bonchev–Trinajstić information content (AvgIpc) is 2.87. The summed E-state index contributed by atoms with van der Waals surface area (Å²) in [6.45, 7) is 0.807. The van der Waals surface area contributed by atoms with Crippen LogP contribution in [0, 0.1) is 0 Å². The van der Waals surface area contributed by atoms with Crippen molar-refractivity contribution in [2.45, 2.75) is 24.0 Å². The summed E-state index contributed by atoms with van der Waals surface area (Å²) in [6.07, 6.45) is 3.68. The Morgan fingerprint density at radius 1 is 1.61 bits per heavy atom. The minimum Gasteiger partial charge on any atom is -0.373 e. The third-order valence-electron chi connectivity index (χ3n) is 3.01. The summed E-state index contributed by atoms with van der Waals surface area (Å²) >= 11 is 1.48. The minimum absolute atomic E-state index is 0.251. The number of amides is 1. The summed E-state index contributed by atoms with van der Waals surface area (Å²) in [7, 11) is 1.81. The van der Waals surface area contributed by atoms with Crippen LogP contribution >= 0.6 is 11.8 Å². The van der Waals surface area contributed by atoms with Gasteiger partial charge in [0, 0.05) is 19.7 Å². The number of hydrogen-bond acceptors (Lipinski definition) is 6. The predicted molar refractivity (Wildman–Crippen MR) is 72.9 cm³/mol. The van der Waals surface area contributed by atoms with Crippen LogP contribution in [0.5, 0.6) is 0 Å². The van der Waals surface area contributed by atoms with Crippen molar-refractivity contribution in [2.24, 2.45) is 5.73 Å². The first kappa shape index (κ1) is 12.9. The van der Waals surface area contributed by atoms with E-state index in [2.05, 4.69) is 15.3 Å². The molecule has 0 saturated carbocycles. The van der Waals surface area contributed by atoms with Crippen LogP contribution in [-0.2, 0) is 4.79 Å². The maximum Gasteiger partial charge on any atom is 0.240 e. The van der Waals surface area contributed by atoms with Gasteiger partial charge in [-0.15, -0.1) is 0 Å². The highest BCUT2D eigenvalue weighted by molar-refractivity contribution is 7.98. The van der Waals surface area contributed by atoms with E-state index in [0.717, 1.165) is 31.0 Å². The van der Waals surface area contributed by atoms with E-state index in [1.807, 2.05) is 24.3 Å². The summed E-state index contributed by atoms with van der Waals surface area (Å²) in [5.74, 6) is 1.22. The Hall–Kier alpha value is -1.50. The van der Waals surface area contributed by atoms with E-state index in [0.29, 0.717) is 5.16 Å². The Morgan fingerprint density at radius 3 is 3.00 bits per heavy atom. The number of primary amides is 1. The summed E-state index contributed by atoms with van der Waals surface area (Å²) in [5.41, 5.74) is 5.42. The first-order valence-electron chi connectivity index (χ1n) is 5.82. The van der Waals surface area contributed by atoms with Gasteiger partial charge in [-0.25, -0.2) is 9.97 Å².